The van der Waals surface area contributed by atoms with Crippen LogP contribution in [0.25, 0.3) is 10.1 Å². The summed E-state index contributed by atoms with van der Waals surface area (Å²) in [5.74, 6) is 0. The third kappa shape index (κ3) is 1.92. The smallest absolute Gasteiger partial charge is 0.115 e. The van der Waals surface area contributed by atoms with Crippen molar-refractivity contribution >= 4 is 21.4 Å². The van der Waals surface area contributed by atoms with Crippen LogP contribution in [0.15, 0.2) is 48.8 Å². The van der Waals surface area contributed by atoms with Crippen molar-refractivity contribution in [2.24, 2.45) is 0 Å². The SMILES string of the molecule is Cc1ccncc1C(O)c1cc2ccccc2s1. The third-order valence-corrected chi connectivity index (χ3v) is 4.26. The summed E-state index contributed by atoms with van der Waals surface area (Å²) in [4.78, 5) is 5.06. The fourth-order valence-corrected chi connectivity index (χ4v) is 3.12. The number of aliphatic hydroxyl groups is 1. The first kappa shape index (κ1) is 11.4. The highest BCUT2D eigenvalue weighted by Crippen LogP contribution is 2.33. The fraction of sp³-hybridized carbons (Fsp3) is 0.133. The average Bonchev–Trinajstić information content (AvgIpc) is 2.82. The normalized spacial score (nSPS) is 12.8. The Kier molecular flexibility index (Phi) is 2.86. The summed E-state index contributed by atoms with van der Waals surface area (Å²) in [6.07, 6.45) is 2.90. The molecule has 3 heteroatoms. The Morgan fingerprint density at radius 1 is 1.22 bits per heavy atom. The van der Waals surface area contributed by atoms with E-state index in [2.05, 4.69) is 23.2 Å². The van der Waals surface area contributed by atoms with Gasteiger partial charge in [0, 0.05) is 27.5 Å². The summed E-state index contributed by atoms with van der Waals surface area (Å²) in [7, 11) is 0. The molecule has 0 amide bonds. The van der Waals surface area contributed by atoms with Gasteiger partial charge >= 0.3 is 0 Å². The number of nitrogens with zero attached hydrogens (tertiary/aromatic N) is 1. The molecular weight excluding hydrogens is 242 g/mol. The van der Waals surface area contributed by atoms with Crippen molar-refractivity contribution in [3.05, 3.63) is 64.8 Å². The molecule has 3 rings (SSSR count). The standard InChI is InChI=1S/C15H13NOS/c1-10-6-7-16-9-12(10)15(17)14-8-11-4-2-3-5-13(11)18-14/h2-9,15,17H,1H3. The van der Waals surface area contributed by atoms with E-state index in [1.165, 1.54) is 10.1 Å². The molecule has 0 spiro atoms. The number of aryl methyl sites for hydroxylation is 1. The number of rotatable bonds is 2. The van der Waals surface area contributed by atoms with Gasteiger partial charge in [0.05, 0.1) is 0 Å². The fourth-order valence-electron chi connectivity index (χ4n) is 2.05. The Bertz CT molecular complexity index is 657. The van der Waals surface area contributed by atoms with Crippen LogP contribution in [0.2, 0.25) is 0 Å². The van der Waals surface area contributed by atoms with Gasteiger partial charge in [-0.1, -0.05) is 18.2 Å². The molecule has 1 aromatic carbocycles. The Hall–Kier alpha value is -1.71. The van der Waals surface area contributed by atoms with Gasteiger partial charge in [0.2, 0.25) is 0 Å². The van der Waals surface area contributed by atoms with E-state index in [4.69, 9.17) is 0 Å². The van der Waals surface area contributed by atoms with Crippen molar-refractivity contribution < 1.29 is 5.11 Å². The van der Waals surface area contributed by atoms with Crippen molar-refractivity contribution in [1.29, 1.82) is 0 Å². The molecule has 0 saturated carbocycles. The predicted octanol–water partition coefficient (Wildman–Crippen LogP) is 3.69. The van der Waals surface area contributed by atoms with Gasteiger partial charge in [0.1, 0.15) is 6.10 Å². The van der Waals surface area contributed by atoms with Crippen molar-refractivity contribution in [2.45, 2.75) is 13.0 Å². The van der Waals surface area contributed by atoms with Crippen molar-refractivity contribution in [1.82, 2.24) is 4.98 Å². The van der Waals surface area contributed by atoms with Gasteiger partial charge in [-0.3, -0.25) is 4.98 Å². The second-order valence-electron chi connectivity index (χ2n) is 4.32. The second kappa shape index (κ2) is 4.52. The van der Waals surface area contributed by atoms with E-state index in [1.807, 2.05) is 25.1 Å². The molecule has 2 heterocycles. The first-order chi connectivity index (χ1) is 8.75. The number of hydrogen-bond acceptors (Lipinski definition) is 3. The maximum Gasteiger partial charge on any atom is 0.115 e. The van der Waals surface area contributed by atoms with E-state index < -0.39 is 6.10 Å². The van der Waals surface area contributed by atoms with Crippen molar-refractivity contribution in [3.8, 4) is 0 Å². The molecule has 0 saturated heterocycles. The first-order valence-electron chi connectivity index (χ1n) is 5.83. The number of aliphatic hydroxyl groups excluding tert-OH is 1. The highest BCUT2D eigenvalue weighted by molar-refractivity contribution is 7.19. The Balaban J connectivity index is 2.07. The van der Waals surface area contributed by atoms with Crippen LogP contribution >= 0.6 is 11.3 Å². The minimum absolute atomic E-state index is 0.587. The van der Waals surface area contributed by atoms with E-state index >= 15 is 0 Å². The Morgan fingerprint density at radius 2 is 2.06 bits per heavy atom. The van der Waals surface area contributed by atoms with Crippen LogP contribution in [0.4, 0.5) is 0 Å². The van der Waals surface area contributed by atoms with E-state index in [-0.39, 0.29) is 0 Å². The van der Waals surface area contributed by atoms with Gasteiger partial charge in [0.15, 0.2) is 0 Å². The molecule has 2 aromatic heterocycles. The van der Waals surface area contributed by atoms with Crippen LogP contribution < -0.4 is 0 Å². The molecule has 18 heavy (non-hydrogen) atoms. The summed E-state index contributed by atoms with van der Waals surface area (Å²) in [5.41, 5.74) is 1.94. The van der Waals surface area contributed by atoms with Gasteiger partial charge in [-0.2, -0.15) is 0 Å². The summed E-state index contributed by atoms with van der Waals surface area (Å²) >= 11 is 1.63. The maximum absolute atomic E-state index is 10.4. The van der Waals surface area contributed by atoms with E-state index in [9.17, 15) is 5.11 Å². The van der Waals surface area contributed by atoms with Crippen LogP contribution in [0, 0.1) is 6.92 Å². The number of thiophene rings is 1. The molecular formula is C15H13NOS. The van der Waals surface area contributed by atoms with E-state index in [0.29, 0.717) is 0 Å². The molecule has 0 fully saturated rings. The lowest BCUT2D eigenvalue weighted by atomic mass is 10.1. The third-order valence-electron chi connectivity index (χ3n) is 3.09. The van der Waals surface area contributed by atoms with E-state index in [0.717, 1.165) is 16.0 Å². The lowest BCUT2D eigenvalue weighted by Crippen LogP contribution is -2.00. The zero-order valence-electron chi connectivity index (χ0n) is 10.00. The molecule has 3 aromatic rings. The minimum atomic E-state index is -0.587. The molecule has 90 valence electrons. The van der Waals surface area contributed by atoms with Crippen molar-refractivity contribution in [3.63, 3.8) is 0 Å². The zero-order chi connectivity index (χ0) is 12.5. The Labute approximate surface area is 110 Å². The Morgan fingerprint density at radius 3 is 2.83 bits per heavy atom. The van der Waals surface area contributed by atoms with Gasteiger partial charge in [-0.25, -0.2) is 0 Å². The van der Waals surface area contributed by atoms with Crippen molar-refractivity contribution in [2.75, 3.05) is 0 Å². The minimum Gasteiger partial charge on any atom is -0.383 e. The second-order valence-corrected chi connectivity index (χ2v) is 5.44. The quantitative estimate of drug-likeness (QED) is 0.757. The van der Waals surface area contributed by atoms with Crippen LogP contribution in [0.1, 0.15) is 22.1 Å². The lowest BCUT2D eigenvalue weighted by Gasteiger charge is -2.10. The van der Waals surface area contributed by atoms with Gasteiger partial charge in [0.25, 0.3) is 0 Å². The number of pyridine rings is 1. The first-order valence-corrected chi connectivity index (χ1v) is 6.64. The topological polar surface area (TPSA) is 33.1 Å². The predicted molar refractivity (Wildman–Crippen MR) is 74.9 cm³/mol. The zero-order valence-corrected chi connectivity index (χ0v) is 10.8. The van der Waals surface area contributed by atoms with Crippen LogP contribution in [-0.2, 0) is 0 Å². The molecule has 0 aliphatic rings. The van der Waals surface area contributed by atoms with Gasteiger partial charge < -0.3 is 5.11 Å². The van der Waals surface area contributed by atoms with Crippen LogP contribution in [0.3, 0.4) is 0 Å². The monoisotopic (exact) mass is 255 g/mol. The molecule has 1 atom stereocenters. The van der Waals surface area contributed by atoms with Gasteiger partial charge in [-0.15, -0.1) is 11.3 Å². The number of hydrogen-bond donors (Lipinski definition) is 1. The van der Waals surface area contributed by atoms with E-state index in [1.54, 1.807) is 23.7 Å². The van der Waals surface area contributed by atoms with Crippen LogP contribution in [-0.4, -0.2) is 10.1 Å². The number of fused-ring (bicyclic) bond motifs is 1. The highest BCUT2D eigenvalue weighted by atomic mass is 32.1. The van der Waals surface area contributed by atoms with Gasteiger partial charge in [-0.05, 0) is 36.1 Å². The molecule has 2 nitrogen and oxygen atoms in total. The number of benzene rings is 1. The molecule has 0 aliphatic carbocycles. The largest absolute Gasteiger partial charge is 0.383 e. The van der Waals surface area contributed by atoms with Crippen LogP contribution in [0.5, 0.6) is 0 Å². The maximum atomic E-state index is 10.4. The molecule has 0 bridgehead atoms. The molecule has 0 aliphatic heterocycles. The summed E-state index contributed by atoms with van der Waals surface area (Å²) in [6.45, 7) is 1.99. The lowest BCUT2D eigenvalue weighted by molar-refractivity contribution is 0.223. The molecule has 1 N–H and O–H groups in total. The summed E-state index contributed by atoms with van der Waals surface area (Å²) in [6, 6.07) is 12.2. The number of aromatic nitrogens is 1. The highest BCUT2D eigenvalue weighted by Gasteiger charge is 2.15. The molecule has 1 unspecified atom stereocenters. The molecule has 0 radical (unpaired) electrons. The average molecular weight is 255 g/mol. The summed E-state index contributed by atoms with van der Waals surface area (Å²) in [5, 5.41) is 11.6. The summed E-state index contributed by atoms with van der Waals surface area (Å²) < 4.78 is 1.20.